The van der Waals surface area contributed by atoms with E-state index in [9.17, 15) is 18.3 Å². The second-order valence-electron chi connectivity index (χ2n) is 6.22. The Bertz CT molecular complexity index is 503. The maximum Gasteiger partial charge on any atom is 0.416 e. The summed E-state index contributed by atoms with van der Waals surface area (Å²) in [6.45, 7) is 7.82. The first-order chi connectivity index (χ1) is 9.01. The molecular weight excluding hydrogens is 267 g/mol. The second-order valence-corrected chi connectivity index (χ2v) is 6.22. The Kier molecular flexibility index (Phi) is 3.53. The van der Waals surface area contributed by atoms with Crippen LogP contribution >= 0.6 is 0 Å². The van der Waals surface area contributed by atoms with Gasteiger partial charge in [0.2, 0.25) is 0 Å². The van der Waals surface area contributed by atoms with E-state index in [-0.39, 0.29) is 12.0 Å². The molecule has 1 aliphatic rings. The summed E-state index contributed by atoms with van der Waals surface area (Å²) >= 11 is 0. The largest absolute Gasteiger partial charge is 0.416 e. The van der Waals surface area contributed by atoms with Crippen molar-refractivity contribution in [1.82, 2.24) is 0 Å². The number of alkyl halides is 3. The predicted octanol–water partition coefficient (Wildman–Crippen LogP) is 3.79. The van der Waals surface area contributed by atoms with E-state index in [1.54, 1.807) is 13.8 Å². The molecular formula is C15H20F3NO. The van der Waals surface area contributed by atoms with Gasteiger partial charge in [-0.15, -0.1) is 0 Å². The van der Waals surface area contributed by atoms with Gasteiger partial charge in [-0.1, -0.05) is 0 Å². The highest BCUT2D eigenvalue weighted by Crippen LogP contribution is 2.45. The number of hydrogen-bond acceptors (Lipinski definition) is 2. The minimum absolute atomic E-state index is 0.179. The Morgan fingerprint density at radius 3 is 2.30 bits per heavy atom. The third-order valence-corrected chi connectivity index (χ3v) is 3.90. The minimum atomic E-state index is -4.36. The van der Waals surface area contributed by atoms with E-state index in [2.05, 4.69) is 0 Å². The lowest BCUT2D eigenvalue weighted by atomic mass is 9.86. The number of nitrogens with zero attached hydrogens (tertiary/aromatic N) is 1. The molecule has 1 aromatic rings. The summed E-state index contributed by atoms with van der Waals surface area (Å²) < 4.78 is 38.6. The van der Waals surface area contributed by atoms with E-state index in [0.717, 1.165) is 11.8 Å². The van der Waals surface area contributed by atoms with Gasteiger partial charge in [-0.2, -0.15) is 13.2 Å². The van der Waals surface area contributed by atoms with Gasteiger partial charge in [-0.3, -0.25) is 0 Å². The molecule has 0 bridgehead atoms. The normalized spacial score (nSPS) is 19.6. The molecule has 1 aromatic carbocycles. The number of benzene rings is 1. The molecule has 2 rings (SSSR count). The van der Waals surface area contributed by atoms with Gasteiger partial charge < -0.3 is 10.0 Å². The topological polar surface area (TPSA) is 23.5 Å². The van der Waals surface area contributed by atoms with E-state index in [1.165, 1.54) is 12.1 Å². The standard InChI is InChI=1S/C15H20F3NO/c1-9(2)19-8-12(14(3,4)20)11-7-10(15(16,17)18)5-6-13(11)19/h5-7,9,12,20H,8H2,1-4H3. The Hall–Kier alpha value is -1.23. The lowest BCUT2D eigenvalue weighted by molar-refractivity contribution is -0.137. The van der Waals surface area contributed by atoms with Gasteiger partial charge in [0.15, 0.2) is 0 Å². The Labute approximate surface area is 117 Å². The minimum Gasteiger partial charge on any atom is -0.390 e. The van der Waals surface area contributed by atoms with Crippen LogP contribution in [-0.4, -0.2) is 23.3 Å². The average Bonchev–Trinajstić information content (AvgIpc) is 2.65. The molecule has 0 fully saturated rings. The Morgan fingerprint density at radius 1 is 1.25 bits per heavy atom. The molecule has 2 nitrogen and oxygen atoms in total. The van der Waals surface area contributed by atoms with Crippen LogP contribution in [0.2, 0.25) is 0 Å². The molecule has 0 spiro atoms. The van der Waals surface area contributed by atoms with Gasteiger partial charge in [0.1, 0.15) is 0 Å². The van der Waals surface area contributed by atoms with Crippen LogP contribution in [0, 0.1) is 0 Å². The summed E-state index contributed by atoms with van der Waals surface area (Å²) in [5, 5.41) is 10.2. The summed E-state index contributed by atoms with van der Waals surface area (Å²) in [6, 6.07) is 3.99. The predicted molar refractivity (Wildman–Crippen MR) is 73.0 cm³/mol. The smallest absolute Gasteiger partial charge is 0.390 e. The fraction of sp³-hybridized carbons (Fsp3) is 0.600. The van der Waals surface area contributed by atoms with E-state index in [0.29, 0.717) is 12.1 Å². The fourth-order valence-corrected chi connectivity index (χ4v) is 2.76. The number of halogens is 3. The van der Waals surface area contributed by atoms with Crippen LogP contribution in [-0.2, 0) is 6.18 Å². The lowest BCUT2D eigenvalue weighted by Gasteiger charge is -2.28. The number of aliphatic hydroxyl groups is 1. The zero-order valence-corrected chi connectivity index (χ0v) is 12.1. The van der Waals surface area contributed by atoms with Crippen LogP contribution in [0.1, 0.15) is 44.7 Å². The zero-order chi connectivity index (χ0) is 15.3. The quantitative estimate of drug-likeness (QED) is 0.894. The zero-order valence-electron chi connectivity index (χ0n) is 12.1. The van der Waals surface area contributed by atoms with Gasteiger partial charge in [0, 0.05) is 24.2 Å². The van der Waals surface area contributed by atoms with Crippen molar-refractivity contribution in [3.05, 3.63) is 29.3 Å². The average molecular weight is 287 g/mol. The molecule has 1 atom stereocenters. The molecule has 1 unspecified atom stereocenters. The first-order valence-corrected chi connectivity index (χ1v) is 6.72. The van der Waals surface area contributed by atoms with Crippen LogP contribution in [0.3, 0.4) is 0 Å². The van der Waals surface area contributed by atoms with E-state index in [4.69, 9.17) is 0 Å². The third kappa shape index (κ3) is 2.64. The van der Waals surface area contributed by atoms with Crippen molar-refractivity contribution < 1.29 is 18.3 Å². The summed E-state index contributed by atoms with van der Waals surface area (Å²) in [7, 11) is 0. The van der Waals surface area contributed by atoms with Crippen molar-refractivity contribution in [2.75, 3.05) is 11.4 Å². The van der Waals surface area contributed by atoms with E-state index >= 15 is 0 Å². The molecule has 20 heavy (non-hydrogen) atoms. The van der Waals surface area contributed by atoms with Crippen LogP contribution in [0.15, 0.2) is 18.2 Å². The number of anilines is 1. The van der Waals surface area contributed by atoms with Crippen molar-refractivity contribution in [3.63, 3.8) is 0 Å². The SMILES string of the molecule is CC(C)N1CC(C(C)(C)O)c2cc(C(F)(F)F)ccc21. The Balaban J connectivity index is 2.53. The molecule has 0 saturated carbocycles. The maximum absolute atomic E-state index is 12.9. The lowest BCUT2D eigenvalue weighted by Crippen LogP contribution is -2.36. The molecule has 0 saturated heterocycles. The summed E-state index contributed by atoms with van der Waals surface area (Å²) in [4.78, 5) is 2.04. The van der Waals surface area contributed by atoms with Crippen molar-refractivity contribution >= 4 is 5.69 Å². The van der Waals surface area contributed by atoms with Crippen molar-refractivity contribution in [2.24, 2.45) is 0 Å². The molecule has 1 aliphatic heterocycles. The summed E-state index contributed by atoms with van der Waals surface area (Å²) in [5.74, 6) is -0.317. The molecule has 0 amide bonds. The van der Waals surface area contributed by atoms with Crippen LogP contribution < -0.4 is 4.90 Å². The van der Waals surface area contributed by atoms with E-state index < -0.39 is 17.3 Å². The van der Waals surface area contributed by atoms with Crippen LogP contribution in [0.5, 0.6) is 0 Å². The monoisotopic (exact) mass is 287 g/mol. The van der Waals surface area contributed by atoms with Gasteiger partial charge in [-0.05, 0) is 51.5 Å². The second kappa shape index (κ2) is 4.65. The van der Waals surface area contributed by atoms with Gasteiger partial charge in [0.25, 0.3) is 0 Å². The third-order valence-electron chi connectivity index (χ3n) is 3.90. The molecule has 1 N–H and O–H groups in total. The first kappa shape index (κ1) is 15.2. The molecule has 112 valence electrons. The van der Waals surface area contributed by atoms with Crippen molar-refractivity contribution in [3.8, 4) is 0 Å². The number of hydrogen-bond donors (Lipinski definition) is 1. The maximum atomic E-state index is 12.9. The first-order valence-electron chi connectivity index (χ1n) is 6.72. The highest BCUT2D eigenvalue weighted by Gasteiger charge is 2.40. The molecule has 1 heterocycles. The van der Waals surface area contributed by atoms with Crippen molar-refractivity contribution in [1.29, 1.82) is 0 Å². The summed E-state index contributed by atoms with van der Waals surface area (Å²) in [5.41, 5.74) is -0.333. The van der Waals surface area contributed by atoms with Gasteiger partial charge in [-0.25, -0.2) is 0 Å². The summed E-state index contributed by atoms with van der Waals surface area (Å²) in [6.07, 6.45) is -4.36. The molecule has 5 heteroatoms. The number of fused-ring (bicyclic) bond motifs is 1. The van der Waals surface area contributed by atoms with Crippen LogP contribution in [0.25, 0.3) is 0 Å². The highest BCUT2D eigenvalue weighted by molar-refractivity contribution is 5.63. The van der Waals surface area contributed by atoms with Gasteiger partial charge >= 0.3 is 6.18 Å². The molecule has 0 aromatic heterocycles. The Morgan fingerprint density at radius 2 is 1.85 bits per heavy atom. The fourth-order valence-electron chi connectivity index (χ4n) is 2.76. The molecule has 0 aliphatic carbocycles. The number of rotatable bonds is 2. The van der Waals surface area contributed by atoms with E-state index in [1.807, 2.05) is 18.7 Å². The molecule has 0 radical (unpaired) electrons. The van der Waals surface area contributed by atoms with Gasteiger partial charge in [0.05, 0.1) is 11.2 Å². The van der Waals surface area contributed by atoms with Crippen molar-refractivity contribution in [2.45, 2.75) is 51.4 Å². The highest BCUT2D eigenvalue weighted by atomic mass is 19.4. The van der Waals surface area contributed by atoms with Crippen LogP contribution in [0.4, 0.5) is 18.9 Å².